The third-order valence-electron chi connectivity index (χ3n) is 2.18. The topological polar surface area (TPSA) is 81.3 Å². The number of aromatic nitrogens is 2. The van der Waals surface area contributed by atoms with Gasteiger partial charge in [-0.3, -0.25) is 4.98 Å². The van der Waals surface area contributed by atoms with Crippen molar-refractivity contribution >= 4 is 5.82 Å². The summed E-state index contributed by atoms with van der Waals surface area (Å²) in [5.41, 5.74) is 7.03. The molecule has 16 heavy (non-hydrogen) atoms. The number of hydrogen-bond acceptors (Lipinski definition) is 5. The molecule has 0 saturated carbocycles. The van der Waals surface area contributed by atoms with Crippen molar-refractivity contribution in [3.63, 3.8) is 0 Å². The number of benzene rings is 1. The van der Waals surface area contributed by atoms with Gasteiger partial charge in [0, 0.05) is 18.0 Å². The van der Waals surface area contributed by atoms with Gasteiger partial charge in [-0.2, -0.15) is 0 Å². The van der Waals surface area contributed by atoms with Crippen LogP contribution in [0, 0.1) is 0 Å². The van der Waals surface area contributed by atoms with Crippen LogP contribution in [-0.4, -0.2) is 22.2 Å². The van der Waals surface area contributed by atoms with Gasteiger partial charge in [0.2, 0.25) is 0 Å². The second-order valence-corrected chi connectivity index (χ2v) is 3.18. The highest BCUT2D eigenvalue weighted by Gasteiger charge is 2.08. The zero-order valence-electron chi connectivity index (χ0n) is 8.71. The number of anilines is 1. The molecule has 5 heteroatoms. The molecule has 5 nitrogen and oxygen atoms in total. The van der Waals surface area contributed by atoms with Gasteiger partial charge in [0.05, 0.1) is 7.11 Å². The standard InChI is InChI=1S/C11H11N3O2/c1-16-9-6-7(2-3-8(9)15)10-11(12)14-5-4-13-10/h2-6,15H,1H3,(H2,12,14). The van der Waals surface area contributed by atoms with Crippen LogP contribution in [0.15, 0.2) is 30.6 Å². The minimum atomic E-state index is 0.0775. The van der Waals surface area contributed by atoms with Gasteiger partial charge in [-0.15, -0.1) is 0 Å². The summed E-state index contributed by atoms with van der Waals surface area (Å²) in [5.74, 6) is 0.798. The number of hydrogen-bond donors (Lipinski definition) is 2. The van der Waals surface area contributed by atoms with E-state index in [4.69, 9.17) is 10.5 Å². The molecule has 2 rings (SSSR count). The molecule has 0 radical (unpaired) electrons. The van der Waals surface area contributed by atoms with E-state index in [2.05, 4.69) is 9.97 Å². The highest BCUT2D eigenvalue weighted by molar-refractivity contribution is 5.71. The fraction of sp³-hybridized carbons (Fsp3) is 0.0909. The van der Waals surface area contributed by atoms with Crippen molar-refractivity contribution in [1.82, 2.24) is 9.97 Å². The molecule has 2 aromatic rings. The predicted octanol–water partition coefficient (Wildman–Crippen LogP) is 1.44. The molecule has 0 fully saturated rings. The van der Waals surface area contributed by atoms with Crippen LogP contribution in [0.3, 0.4) is 0 Å². The van der Waals surface area contributed by atoms with Gasteiger partial charge >= 0.3 is 0 Å². The van der Waals surface area contributed by atoms with Crippen molar-refractivity contribution in [2.75, 3.05) is 12.8 Å². The number of rotatable bonds is 2. The Morgan fingerprint density at radius 2 is 2.00 bits per heavy atom. The van der Waals surface area contributed by atoms with Crippen LogP contribution in [-0.2, 0) is 0 Å². The average molecular weight is 217 g/mol. The average Bonchev–Trinajstić information content (AvgIpc) is 2.31. The van der Waals surface area contributed by atoms with Crippen molar-refractivity contribution in [2.24, 2.45) is 0 Å². The van der Waals surface area contributed by atoms with Crippen LogP contribution >= 0.6 is 0 Å². The quantitative estimate of drug-likeness (QED) is 0.795. The maximum absolute atomic E-state index is 9.46. The van der Waals surface area contributed by atoms with E-state index in [9.17, 15) is 5.11 Å². The summed E-state index contributed by atoms with van der Waals surface area (Å²) in [6.45, 7) is 0. The van der Waals surface area contributed by atoms with Gasteiger partial charge in [0.1, 0.15) is 11.5 Å². The first kappa shape index (κ1) is 10.2. The number of ether oxygens (including phenoxy) is 1. The van der Waals surface area contributed by atoms with Gasteiger partial charge in [-0.1, -0.05) is 0 Å². The molecule has 1 heterocycles. The first-order valence-electron chi connectivity index (χ1n) is 4.66. The molecule has 0 atom stereocenters. The van der Waals surface area contributed by atoms with E-state index in [1.165, 1.54) is 19.4 Å². The zero-order chi connectivity index (χ0) is 11.5. The summed E-state index contributed by atoms with van der Waals surface area (Å²) in [4.78, 5) is 8.07. The molecule has 0 spiro atoms. The van der Waals surface area contributed by atoms with E-state index in [-0.39, 0.29) is 5.75 Å². The molecular weight excluding hydrogens is 206 g/mol. The maximum atomic E-state index is 9.46. The highest BCUT2D eigenvalue weighted by Crippen LogP contribution is 2.31. The third-order valence-corrected chi connectivity index (χ3v) is 2.18. The first-order chi connectivity index (χ1) is 7.72. The Morgan fingerprint density at radius 1 is 1.25 bits per heavy atom. The van der Waals surface area contributed by atoms with Gasteiger partial charge in [0.15, 0.2) is 11.5 Å². The lowest BCUT2D eigenvalue weighted by Crippen LogP contribution is -1.96. The fourth-order valence-electron chi connectivity index (χ4n) is 1.40. The summed E-state index contributed by atoms with van der Waals surface area (Å²) >= 11 is 0. The molecule has 0 aliphatic heterocycles. The minimum Gasteiger partial charge on any atom is -0.504 e. The Balaban J connectivity index is 2.53. The molecule has 0 aliphatic rings. The van der Waals surface area contributed by atoms with Crippen LogP contribution < -0.4 is 10.5 Å². The van der Waals surface area contributed by atoms with Gasteiger partial charge < -0.3 is 15.6 Å². The maximum Gasteiger partial charge on any atom is 0.161 e. The highest BCUT2D eigenvalue weighted by atomic mass is 16.5. The second-order valence-electron chi connectivity index (χ2n) is 3.18. The summed E-state index contributed by atoms with van der Waals surface area (Å²) in [7, 11) is 1.48. The van der Waals surface area contributed by atoms with Gasteiger partial charge in [0.25, 0.3) is 0 Å². The predicted molar refractivity (Wildman–Crippen MR) is 60.1 cm³/mol. The molecule has 0 amide bonds. The molecule has 1 aromatic heterocycles. The zero-order valence-corrected chi connectivity index (χ0v) is 8.71. The lowest BCUT2D eigenvalue weighted by Gasteiger charge is -2.07. The fourth-order valence-corrected chi connectivity index (χ4v) is 1.40. The molecule has 0 unspecified atom stereocenters. The van der Waals surface area contributed by atoms with Crippen LogP contribution in [0.25, 0.3) is 11.3 Å². The molecule has 3 N–H and O–H groups in total. The van der Waals surface area contributed by atoms with Crippen molar-refractivity contribution < 1.29 is 9.84 Å². The number of nitrogens with two attached hydrogens (primary N) is 1. The third kappa shape index (κ3) is 1.75. The summed E-state index contributed by atoms with van der Waals surface area (Å²) in [6.07, 6.45) is 3.08. The SMILES string of the molecule is COc1cc(-c2nccnc2N)ccc1O. The Hall–Kier alpha value is -2.30. The number of phenolic OH excluding ortho intramolecular Hbond substituents is 1. The molecular formula is C11H11N3O2. The molecule has 1 aromatic carbocycles. The van der Waals surface area contributed by atoms with Crippen molar-refractivity contribution in [2.45, 2.75) is 0 Å². The number of nitrogen functional groups attached to an aromatic ring is 1. The Morgan fingerprint density at radius 3 is 2.69 bits per heavy atom. The Kier molecular flexibility index (Phi) is 2.59. The van der Waals surface area contributed by atoms with Crippen LogP contribution in [0.4, 0.5) is 5.82 Å². The number of nitrogens with zero attached hydrogens (tertiary/aromatic N) is 2. The van der Waals surface area contributed by atoms with E-state index in [0.717, 1.165) is 5.56 Å². The van der Waals surface area contributed by atoms with Crippen molar-refractivity contribution in [1.29, 1.82) is 0 Å². The van der Waals surface area contributed by atoms with E-state index in [1.807, 2.05) is 0 Å². The van der Waals surface area contributed by atoms with Crippen LogP contribution in [0.1, 0.15) is 0 Å². The largest absolute Gasteiger partial charge is 0.504 e. The molecule has 0 aliphatic carbocycles. The van der Waals surface area contributed by atoms with Crippen molar-refractivity contribution in [3.05, 3.63) is 30.6 Å². The monoisotopic (exact) mass is 217 g/mol. The number of aromatic hydroxyl groups is 1. The molecule has 0 bridgehead atoms. The van der Waals surface area contributed by atoms with E-state index < -0.39 is 0 Å². The van der Waals surface area contributed by atoms with Crippen LogP contribution in [0.2, 0.25) is 0 Å². The summed E-state index contributed by atoms with van der Waals surface area (Å²) in [6, 6.07) is 4.90. The lowest BCUT2D eigenvalue weighted by atomic mass is 10.1. The lowest BCUT2D eigenvalue weighted by molar-refractivity contribution is 0.373. The van der Waals surface area contributed by atoms with Gasteiger partial charge in [-0.05, 0) is 18.2 Å². The molecule has 82 valence electrons. The number of phenols is 1. The number of methoxy groups -OCH3 is 1. The smallest absolute Gasteiger partial charge is 0.161 e. The minimum absolute atomic E-state index is 0.0775. The second kappa shape index (κ2) is 4.06. The van der Waals surface area contributed by atoms with E-state index in [1.54, 1.807) is 18.3 Å². The van der Waals surface area contributed by atoms with Crippen molar-refractivity contribution in [3.8, 4) is 22.8 Å². The van der Waals surface area contributed by atoms with Gasteiger partial charge in [-0.25, -0.2) is 4.98 Å². The normalized spacial score (nSPS) is 10.1. The first-order valence-corrected chi connectivity index (χ1v) is 4.66. The Bertz CT molecular complexity index is 514. The van der Waals surface area contributed by atoms with E-state index in [0.29, 0.717) is 17.3 Å². The summed E-state index contributed by atoms with van der Waals surface area (Å²) < 4.78 is 5.01. The Labute approximate surface area is 92.5 Å². The van der Waals surface area contributed by atoms with E-state index >= 15 is 0 Å². The summed E-state index contributed by atoms with van der Waals surface area (Å²) in [5, 5.41) is 9.46. The van der Waals surface area contributed by atoms with Crippen LogP contribution in [0.5, 0.6) is 11.5 Å². The molecule has 0 saturated heterocycles.